The lowest BCUT2D eigenvalue weighted by molar-refractivity contribution is -0.145. The van der Waals surface area contributed by atoms with Gasteiger partial charge in [-0.05, 0) is 29.8 Å². The summed E-state index contributed by atoms with van der Waals surface area (Å²) in [4.78, 5) is 29.8. The molecule has 4 aromatic rings. The zero-order chi connectivity index (χ0) is 21.6. The van der Waals surface area contributed by atoms with Gasteiger partial charge in [-0.3, -0.25) is 9.59 Å². The fourth-order valence-corrected chi connectivity index (χ4v) is 4.27. The van der Waals surface area contributed by atoms with Gasteiger partial charge in [0.25, 0.3) is 5.91 Å². The number of nitrogens with zero attached hydrogens (tertiary/aromatic N) is 1. The van der Waals surface area contributed by atoms with Gasteiger partial charge < -0.3 is 10.1 Å². The van der Waals surface area contributed by atoms with Gasteiger partial charge in [0, 0.05) is 0 Å². The van der Waals surface area contributed by atoms with Crippen molar-refractivity contribution in [2.24, 2.45) is 0 Å². The first-order valence-corrected chi connectivity index (χ1v) is 10.9. The third-order valence-electron chi connectivity index (χ3n) is 4.69. The third-order valence-corrected chi connectivity index (χ3v) is 6.03. The smallest absolute Gasteiger partial charge is 0.308 e. The summed E-state index contributed by atoms with van der Waals surface area (Å²) in [5.41, 5.74) is 2.04. The number of ether oxygens (including phenoxy) is 1. The van der Waals surface area contributed by atoms with Gasteiger partial charge in [0.2, 0.25) is 0 Å². The number of para-hydroxylation sites is 1. The number of aromatic nitrogens is 1. The predicted molar refractivity (Wildman–Crippen MR) is 122 cm³/mol. The third kappa shape index (κ3) is 5.29. The molecule has 3 aromatic carbocycles. The van der Waals surface area contributed by atoms with Crippen LogP contribution in [0.4, 0.5) is 0 Å². The Hall–Kier alpha value is -3.22. The largest absolute Gasteiger partial charge is 0.458 e. The molecule has 4 rings (SSSR count). The molecular weight excluding hydrogens is 432 g/mol. The average molecular weight is 451 g/mol. The quantitative estimate of drug-likeness (QED) is 0.374. The molecule has 0 unspecified atom stereocenters. The van der Waals surface area contributed by atoms with Gasteiger partial charge in [-0.15, -0.1) is 11.3 Å². The van der Waals surface area contributed by atoms with Crippen molar-refractivity contribution >= 4 is 45.0 Å². The van der Waals surface area contributed by atoms with E-state index in [0.717, 1.165) is 20.8 Å². The molecule has 0 spiro atoms. The highest BCUT2D eigenvalue weighted by atomic mass is 35.5. The molecule has 0 bridgehead atoms. The lowest BCUT2D eigenvalue weighted by Crippen LogP contribution is -2.30. The van der Waals surface area contributed by atoms with E-state index < -0.39 is 12.0 Å². The normalized spacial score (nSPS) is 11.8. The lowest BCUT2D eigenvalue weighted by atomic mass is 10.0. The summed E-state index contributed by atoms with van der Waals surface area (Å²) in [6.07, 6.45) is -0.00883. The Balaban J connectivity index is 1.44. The summed E-state index contributed by atoms with van der Waals surface area (Å²) in [6, 6.07) is 23.3. The zero-order valence-electron chi connectivity index (χ0n) is 16.5. The molecule has 156 valence electrons. The maximum atomic E-state index is 12.8. The van der Waals surface area contributed by atoms with E-state index in [1.165, 1.54) is 11.3 Å². The first-order valence-electron chi connectivity index (χ1n) is 9.70. The number of fused-ring (bicyclic) bond motifs is 1. The maximum absolute atomic E-state index is 12.8. The van der Waals surface area contributed by atoms with Crippen molar-refractivity contribution in [1.29, 1.82) is 0 Å². The van der Waals surface area contributed by atoms with Crippen LogP contribution in [0, 0.1) is 0 Å². The van der Waals surface area contributed by atoms with Crippen LogP contribution in [0.5, 0.6) is 0 Å². The second-order valence-electron chi connectivity index (χ2n) is 6.86. The Morgan fingerprint density at radius 3 is 2.45 bits per heavy atom. The molecule has 0 saturated heterocycles. The number of benzene rings is 3. The number of hydrogen-bond donors (Lipinski definition) is 1. The van der Waals surface area contributed by atoms with Gasteiger partial charge in [-0.1, -0.05) is 66.2 Å². The Bertz CT molecular complexity index is 1180. The van der Waals surface area contributed by atoms with Crippen molar-refractivity contribution in [2.75, 3.05) is 0 Å². The molecule has 0 fully saturated rings. The van der Waals surface area contributed by atoms with E-state index in [2.05, 4.69) is 10.3 Å². The molecular formula is C24H19ClN2O3S. The number of rotatable bonds is 7. The number of carbonyl (C=O) groups is 2. The molecule has 0 radical (unpaired) electrons. The molecule has 31 heavy (non-hydrogen) atoms. The van der Waals surface area contributed by atoms with Gasteiger partial charge in [-0.25, -0.2) is 4.98 Å². The molecule has 0 saturated carbocycles. The van der Waals surface area contributed by atoms with Crippen LogP contribution in [-0.2, 0) is 16.1 Å². The molecule has 0 aliphatic rings. The number of esters is 1. The first kappa shape index (κ1) is 21.0. The van der Waals surface area contributed by atoms with Crippen LogP contribution < -0.4 is 5.32 Å². The summed E-state index contributed by atoms with van der Waals surface area (Å²) in [5.74, 6) is -0.772. The molecule has 1 N–H and O–H groups in total. The molecule has 7 heteroatoms. The summed E-state index contributed by atoms with van der Waals surface area (Å²) in [7, 11) is 0. The number of carbonyl (C=O) groups excluding carboxylic acids is 2. The van der Waals surface area contributed by atoms with Crippen molar-refractivity contribution in [3.8, 4) is 0 Å². The molecule has 0 aliphatic heterocycles. The fourth-order valence-electron chi connectivity index (χ4n) is 3.17. The number of amides is 1. The Labute approximate surface area is 188 Å². The molecule has 5 nitrogen and oxygen atoms in total. The minimum Gasteiger partial charge on any atom is -0.458 e. The summed E-state index contributed by atoms with van der Waals surface area (Å²) in [6.45, 7) is 0.0954. The fraction of sp³-hybridized carbons (Fsp3) is 0.125. The second kappa shape index (κ2) is 9.73. The molecule has 1 heterocycles. The maximum Gasteiger partial charge on any atom is 0.308 e. The van der Waals surface area contributed by atoms with Crippen LogP contribution in [0.3, 0.4) is 0 Å². The number of nitrogens with one attached hydrogen (secondary N) is 1. The number of halogens is 1. The molecule has 1 atom stereocenters. The van der Waals surface area contributed by atoms with Crippen LogP contribution in [0.2, 0.25) is 5.02 Å². The Morgan fingerprint density at radius 1 is 0.968 bits per heavy atom. The summed E-state index contributed by atoms with van der Waals surface area (Å²) in [5, 5.41) is 3.98. The van der Waals surface area contributed by atoms with Gasteiger partial charge in [0.05, 0.1) is 33.3 Å². The SMILES string of the molecule is O=C(C[C@H](NC(=O)c1ccccc1Cl)c1ccccc1)OCc1nc2ccccc2s1. The van der Waals surface area contributed by atoms with Gasteiger partial charge >= 0.3 is 5.97 Å². The van der Waals surface area contributed by atoms with E-state index in [1.807, 2.05) is 54.6 Å². The Kier molecular flexibility index (Phi) is 6.60. The summed E-state index contributed by atoms with van der Waals surface area (Å²) < 4.78 is 6.50. The number of hydrogen-bond acceptors (Lipinski definition) is 5. The average Bonchev–Trinajstić information content (AvgIpc) is 3.21. The van der Waals surface area contributed by atoms with Crippen molar-refractivity contribution in [1.82, 2.24) is 10.3 Å². The monoisotopic (exact) mass is 450 g/mol. The van der Waals surface area contributed by atoms with Gasteiger partial charge in [0.1, 0.15) is 11.6 Å². The van der Waals surface area contributed by atoms with E-state index in [1.54, 1.807) is 24.3 Å². The first-order chi connectivity index (χ1) is 15.1. The van der Waals surface area contributed by atoms with E-state index in [0.29, 0.717) is 10.6 Å². The highest BCUT2D eigenvalue weighted by molar-refractivity contribution is 7.18. The van der Waals surface area contributed by atoms with Crippen molar-refractivity contribution in [2.45, 2.75) is 19.1 Å². The van der Waals surface area contributed by atoms with Crippen molar-refractivity contribution < 1.29 is 14.3 Å². The van der Waals surface area contributed by atoms with E-state index in [9.17, 15) is 9.59 Å². The highest BCUT2D eigenvalue weighted by Crippen LogP contribution is 2.24. The van der Waals surface area contributed by atoms with Crippen LogP contribution in [0.25, 0.3) is 10.2 Å². The van der Waals surface area contributed by atoms with Gasteiger partial charge in [0.15, 0.2) is 0 Å². The van der Waals surface area contributed by atoms with Crippen LogP contribution in [0.1, 0.15) is 33.4 Å². The molecule has 0 aliphatic carbocycles. The zero-order valence-corrected chi connectivity index (χ0v) is 18.0. The summed E-state index contributed by atoms with van der Waals surface area (Å²) >= 11 is 7.64. The van der Waals surface area contributed by atoms with E-state index in [-0.39, 0.29) is 18.9 Å². The van der Waals surface area contributed by atoms with Crippen molar-refractivity contribution in [3.05, 3.63) is 100 Å². The molecule has 1 aromatic heterocycles. The Morgan fingerprint density at radius 2 is 1.68 bits per heavy atom. The van der Waals surface area contributed by atoms with E-state index in [4.69, 9.17) is 16.3 Å². The minimum absolute atomic E-state index is 0.00883. The van der Waals surface area contributed by atoms with Crippen LogP contribution >= 0.6 is 22.9 Å². The van der Waals surface area contributed by atoms with Crippen molar-refractivity contribution in [3.63, 3.8) is 0 Å². The number of thiazole rings is 1. The van der Waals surface area contributed by atoms with Crippen LogP contribution in [-0.4, -0.2) is 16.9 Å². The second-order valence-corrected chi connectivity index (χ2v) is 8.38. The molecule has 1 amide bonds. The van der Waals surface area contributed by atoms with Crippen LogP contribution in [0.15, 0.2) is 78.9 Å². The minimum atomic E-state index is -0.548. The highest BCUT2D eigenvalue weighted by Gasteiger charge is 2.21. The lowest BCUT2D eigenvalue weighted by Gasteiger charge is -2.19. The van der Waals surface area contributed by atoms with Gasteiger partial charge in [-0.2, -0.15) is 0 Å². The predicted octanol–water partition coefficient (Wildman–Crippen LogP) is 5.55. The topological polar surface area (TPSA) is 68.3 Å². The van der Waals surface area contributed by atoms with E-state index >= 15 is 0 Å². The standard InChI is InChI=1S/C24H19ClN2O3S/c25-18-11-5-4-10-17(18)24(29)27-20(16-8-2-1-3-9-16)14-23(28)30-15-22-26-19-12-6-7-13-21(19)31-22/h1-13,20H,14-15H2,(H,27,29)/t20-/m0/s1.